The number of nitrogens with one attached hydrogen (secondary N) is 1. The summed E-state index contributed by atoms with van der Waals surface area (Å²) in [6.45, 7) is 3.02. The fourth-order valence-corrected chi connectivity index (χ4v) is 2.36. The van der Waals surface area contributed by atoms with Gasteiger partial charge in [-0.3, -0.25) is 4.79 Å². The molecule has 0 saturated carbocycles. The molecule has 2 rings (SSSR count). The van der Waals surface area contributed by atoms with E-state index in [1.807, 2.05) is 0 Å². The number of sulfonamides is 1. The zero-order valence-electron chi connectivity index (χ0n) is 13.0. The van der Waals surface area contributed by atoms with Gasteiger partial charge < -0.3 is 14.5 Å². The maximum absolute atomic E-state index is 12.0. The lowest BCUT2D eigenvalue weighted by Gasteiger charge is -2.13. The Kier molecular flexibility index (Phi) is 5.05. The second-order valence-corrected chi connectivity index (χ2v) is 6.56. The topological polar surface area (TPSA) is 129 Å². The summed E-state index contributed by atoms with van der Waals surface area (Å²) < 4.78 is 32.4. The predicted molar refractivity (Wildman–Crippen MR) is 84.8 cm³/mol. The monoisotopic (exact) mass is 352 g/mol. The van der Waals surface area contributed by atoms with Crippen molar-refractivity contribution < 1.29 is 27.2 Å². The Bertz CT molecular complexity index is 854. The maximum atomic E-state index is 12.0. The van der Waals surface area contributed by atoms with Gasteiger partial charge in [0.2, 0.25) is 10.0 Å². The molecule has 3 N–H and O–H groups in total. The number of esters is 1. The van der Waals surface area contributed by atoms with E-state index in [1.165, 1.54) is 43.5 Å². The molecule has 8 nitrogen and oxygen atoms in total. The molecule has 2 aromatic rings. The van der Waals surface area contributed by atoms with Crippen LogP contribution in [-0.4, -0.2) is 26.4 Å². The van der Waals surface area contributed by atoms with Gasteiger partial charge >= 0.3 is 5.97 Å². The third kappa shape index (κ3) is 4.21. The molecule has 1 aromatic heterocycles. The molecule has 1 atom stereocenters. The van der Waals surface area contributed by atoms with Gasteiger partial charge in [0.25, 0.3) is 5.91 Å². The van der Waals surface area contributed by atoms with E-state index < -0.39 is 28.0 Å². The molecule has 0 unspecified atom stereocenters. The van der Waals surface area contributed by atoms with Crippen LogP contribution in [0.25, 0.3) is 0 Å². The van der Waals surface area contributed by atoms with Crippen LogP contribution in [0.1, 0.15) is 23.0 Å². The number of ether oxygens (including phenoxy) is 1. The van der Waals surface area contributed by atoms with Crippen LogP contribution >= 0.6 is 0 Å². The summed E-state index contributed by atoms with van der Waals surface area (Å²) in [4.78, 5) is 23.9. The van der Waals surface area contributed by atoms with E-state index in [0.717, 1.165) is 0 Å². The van der Waals surface area contributed by atoms with Gasteiger partial charge in [-0.25, -0.2) is 18.4 Å². The van der Waals surface area contributed by atoms with Crippen molar-refractivity contribution in [2.75, 3.05) is 5.32 Å². The lowest BCUT2D eigenvalue weighted by atomic mass is 10.2. The van der Waals surface area contributed by atoms with Crippen molar-refractivity contribution in [1.29, 1.82) is 0 Å². The number of benzene rings is 1. The molecule has 0 fully saturated rings. The van der Waals surface area contributed by atoms with E-state index in [-0.39, 0.29) is 10.5 Å². The van der Waals surface area contributed by atoms with Crippen LogP contribution in [0.15, 0.2) is 45.9 Å². The molecule has 128 valence electrons. The molecular formula is C15H16N2O6S. The fraction of sp³-hybridized carbons (Fsp3) is 0.200. The molecule has 1 aromatic carbocycles. The van der Waals surface area contributed by atoms with E-state index in [9.17, 15) is 18.0 Å². The number of anilines is 1. The lowest BCUT2D eigenvalue weighted by Crippen LogP contribution is -2.30. The predicted octanol–water partition coefficient (Wildman–Crippen LogP) is 1.42. The second-order valence-electron chi connectivity index (χ2n) is 5.00. The van der Waals surface area contributed by atoms with Gasteiger partial charge in [0.05, 0.1) is 11.2 Å². The van der Waals surface area contributed by atoms with E-state index in [0.29, 0.717) is 11.4 Å². The van der Waals surface area contributed by atoms with Crippen LogP contribution in [-0.2, 0) is 19.6 Å². The Hall–Kier alpha value is -2.65. The normalized spacial score (nSPS) is 12.5. The highest BCUT2D eigenvalue weighted by atomic mass is 32.2. The van der Waals surface area contributed by atoms with Crippen molar-refractivity contribution in [2.24, 2.45) is 5.14 Å². The molecule has 1 heterocycles. The van der Waals surface area contributed by atoms with Gasteiger partial charge in [-0.1, -0.05) is 0 Å². The third-order valence-corrected chi connectivity index (χ3v) is 4.11. The minimum absolute atomic E-state index is 0.0737. The number of primary sulfonamides is 1. The molecule has 0 saturated heterocycles. The summed E-state index contributed by atoms with van der Waals surface area (Å²) in [6.07, 6.45) is 0.300. The number of furan rings is 1. The summed E-state index contributed by atoms with van der Waals surface area (Å²) in [5, 5.41) is 7.50. The first-order valence-corrected chi connectivity index (χ1v) is 8.42. The highest BCUT2D eigenvalue weighted by Gasteiger charge is 2.21. The number of nitrogens with two attached hydrogens (primary N) is 1. The number of carbonyl (C=O) groups excluding carboxylic acids is 2. The zero-order valence-corrected chi connectivity index (χ0v) is 13.8. The Balaban J connectivity index is 1.99. The number of hydrogen-bond acceptors (Lipinski definition) is 6. The third-order valence-electron chi connectivity index (χ3n) is 3.18. The quantitative estimate of drug-likeness (QED) is 0.783. The van der Waals surface area contributed by atoms with Crippen LogP contribution in [0.2, 0.25) is 0 Å². The molecular weight excluding hydrogens is 336 g/mol. The van der Waals surface area contributed by atoms with E-state index in [2.05, 4.69) is 5.32 Å². The van der Waals surface area contributed by atoms with E-state index in [4.69, 9.17) is 14.3 Å². The van der Waals surface area contributed by atoms with Gasteiger partial charge in [-0.2, -0.15) is 0 Å². The zero-order chi connectivity index (χ0) is 17.9. The highest BCUT2D eigenvalue weighted by Crippen LogP contribution is 2.15. The smallest absolute Gasteiger partial charge is 0.342 e. The van der Waals surface area contributed by atoms with Gasteiger partial charge in [0.15, 0.2) is 6.10 Å². The van der Waals surface area contributed by atoms with Crippen molar-refractivity contribution in [1.82, 2.24) is 0 Å². The summed E-state index contributed by atoms with van der Waals surface area (Å²) in [6, 6.07) is 6.74. The first-order chi connectivity index (χ1) is 11.2. The van der Waals surface area contributed by atoms with Crippen LogP contribution in [0.4, 0.5) is 5.69 Å². The van der Waals surface area contributed by atoms with Crippen molar-refractivity contribution in [2.45, 2.75) is 24.8 Å². The largest absolute Gasteiger partial charge is 0.469 e. The van der Waals surface area contributed by atoms with Gasteiger partial charge in [0.1, 0.15) is 11.3 Å². The molecule has 9 heteroatoms. The minimum atomic E-state index is -3.80. The molecule has 0 aliphatic rings. The minimum Gasteiger partial charge on any atom is -0.469 e. The summed E-state index contributed by atoms with van der Waals surface area (Å²) in [5.74, 6) is -0.840. The summed E-state index contributed by atoms with van der Waals surface area (Å²) in [5.41, 5.74) is 0.585. The average molecular weight is 352 g/mol. The van der Waals surface area contributed by atoms with E-state index >= 15 is 0 Å². The maximum Gasteiger partial charge on any atom is 0.342 e. The first-order valence-electron chi connectivity index (χ1n) is 6.87. The Labute approximate surface area is 138 Å². The number of hydrogen-bond donors (Lipinski definition) is 2. The number of aryl methyl sites for hydroxylation is 1. The van der Waals surface area contributed by atoms with Gasteiger partial charge in [-0.15, -0.1) is 0 Å². The Morgan fingerprint density at radius 2 is 1.83 bits per heavy atom. The lowest BCUT2D eigenvalue weighted by molar-refractivity contribution is -0.123. The van der Waals surface area contributed by atoms with Gasteiger partial charge in [0, 0.05) is 5.69 Å². The second kappa shape index (κ2) is 6.85. The van der Waals surface area contributed by atoms with Crippen LogP contribution < -0.4 is 10.5 Å². The van der Waals surface area contributed by atoms with Crippen molar-refractivity contribution >= 4 is 27.6 Å². The molecule has 0 radical (unpaired) electrons. The SMILES string of the molecule is Cc1occc1C(=O)O[C@@H](C)C(=O)Nc1ccc(S(N)(=O)=O)cc1. The standard InChI is InChI=1S/C15H16N2O6S/c1-9-13(7-8-22-9)15(19)23-10(2)14(18)17-11-3-5-12(6-4-11)24(16,20)21/h3-8,10H,1-2H3,(H,17,18)(H2,16,20,21)/t10-/m0/s1. The van der Waals surface area contributed by atoms with Crippen LogP contribution in [0.5, 0.6) is 0 Å². The Morgan fingerprint density at radius 3 is 2.33 bits per heavy atom. The molecule has 0 aliphatic carbocycles. The molecule has 0 aliphatic heterocycles. The molecule has 1 amide bonds. The van der Waals surface area contributed by atoms with Crippen molar-refractivity contribution in [3.63, 3.8) is 0 Å². The number of amides is 1. The fourth-order valence-electron chi connectivity index (χ4n) is 1.85. The van der Waals surface area contributed by atoms with Gasteiger partial charge in [-0.05, 0) is 44.2 Å². The van der Waals surface area contributed by atoms with E-state index in [1.54, 1.807) is 6.92 Å². The summed E-state index contributed by atoms with van der Waals surface area (Å²) >= 11 is 0. The van der Waals surface area contributed by atoms with Crippen molar-refractivity contribution in [3.8, 4) is 0 Å². The van der Waals surface area contributed by atoms with Crippen LogP contribution in [0.3, 0.4) is 0 Å². The first kappa shape index (κ1) is 17.7. The highest BCUT2D eigenvalue weighted by molar-refractivity contribution is 7.89. The van der Waals surface area contributed by atoms with Crippen molar-refractivity contribution in [3.05, 3.63) is 47.9 Å². The Morgan fingerprint density at radius 1 is 1.21 bits per heavy atom. The summed E-state index contributed by atoms with van der Waals surface area (Å²) in [7, 11) is -3.80. The molecule has 0 bridgehead atoms. The molecule has 24 heavy (non-hydrogen) atoms. The number of carbonyl (C=O) groups is 2. The number of rotatable bonds is 5. The average Bonchev–Trinajstić information content (AvgIpc) is 2.93. The molecule has 0 spiro atoms. The van der Waals surface area contributed by atoms with Crippen LogP contribution in [0, 0.1) is 6.92 Å².